The zero-order valence-electron chi connectivity index (χ0n) is 27.7. The average Bonchev–Trinajstić information content (AvgIpc) is 3.26. The quantitative estimate of drug-likeness (QED) is 0.174. The Bertz CT molecular complexity index is 1580. The second-order valence-corrected chi connectivity index (χ2v) is 14.9. The third-order valence-corrected chi connectivity index (χ3v) is 11.3. The van der Waals surface area contributed by atoms with Crippen LogP contribution in [-0.2, 0) is 5.41 Å². The summed E-state index contributed by atoms with van der Waals surface area (Å²) in [7, 11) is 0. The molecule has 43 heavy (non-hydrogen) atoms. The Morgan fingerprint density at radius 3 is 2.21 bits per heavy atom. The van der Waals surface area contributed by atoms with E-state index in [2.05, 4.69) is 154 Å². The number of hydrogen-bond donors (Lipinski definition) is 0. The predicted molar refractivity (Wildman–Crippen MR) is 192 cm³/mol. The zero-order valence-corrected chi connectivity index (χ0v) is 29.3. The number of aromatic nitrogens is 1. The zero-order chi connectivity index (χ0) is 31.1. The lowest BCUT2D eigenvalue weighted by molar-refractivity contribution is 0.390. The highest BCUT2D eigenvalue weighted by Crippen LogP contribution is 2.45. The van der Waals surface area contributed by atoms with Crippen LogP contribution in [0.15, 0.2) is 77.8 Å². The highest BCUT2D eigenvalue weighted by Gasteiger charge is 2.30. The molecular formula is C40H51BrN2. The minimum Gasteiger partial charge on any atom is -0.337 e. The van der Waals surface area contributed by atoms with Crippen molar-refractivity contribution in [1.29, 1.82) is 0 Å². The van der Waals surface area contributed by atoms with E-state index in [0.717, 1.165) is 4.47 Å². The van der Waals surface area contributed by atoms with Crippen molar-refractivity contribution in [3.63, 3.8) is 0 Å². The molecule has 0 radical (unpaired) electrons. The number of halogens is 1. The van der Waals surface area contributed by atoms with Gasteiger partial charge in [-0.25, -0.2) is 0 Å². The number of anilines is 2. The van der Waals surface area contributed by atoms with Crippen LogP contribution in [0.3, 0.4) is 0 Å². The minimum atomic E-state index is 0.110. The molecule has 3 atom stereocenters. The summed E-state index contributed by atoms with van der Waals surface area (Å²) < 4.78 is 3.65. The van der Waals surface area contributed by atoms with Gasteiger partial charge in [-0.15, -0.1) is 6.58 Å². The van der Waals surface area contributed by atoms with Crippen LogP contribution in [-0.4, -0.2) is 10.6 Å². The third-order valence-electron chi connectivity index (χ3n) is 10.4. The maximum absolute atomic E-state index is 4.24. The van der Waals surface area contributed by atoms with Gasteiger partial charge in [0.1, 0.15) is 0 Å². The molecule has 0 amide bonds. The molecule has 1 aliphatic rings. The Kier molecular flexibility index (Phi) is 9.33. The van der Waals surface area contributed by atoms with Gasteiger partial charge in [0.25, 0.3) is 0 Å². The Hall–Kier alpha value is -2.78. The first-order valence-corrected chi connectivity index (χ1v) is 17.2. The van der Waals surface area contributed by atoms with E-state index >= 15 is 0 Å². The SMILES string of the molecule is C=CC(C)[C@H](C)[C@H](C)N(c1ccc(C(C)(C)C)cc1)c1cc(C2CCCCC2)cc(-n2c(C)c(C)c3ccccc32)c1Br. The number of allylic oxidation sites excluding steroid dienone is 1. The first-order chi connectivity index (χ1) is 20.4. The number of para-hydroxylation sites is 1. The van der Waals surface area contributed by atoms with Crippen LogP contribution >= 0.6 is 15.9 Å². The van der Waals surface area contributed by atoms with Crippen molar-refractivity contribution in [2.75, 3.05) is 4.90 Å². The van der Waals surface area contributed by atoms with Gasteiger partial charge in [-0.2, -0.15) is 0 Å². The number of rotatable bonds is 8. The fourth-order valence-electron chi connectivity index (χ4n) is 7.07. The minimum absolute atomic E-state index is 0.110. The van der Waals surface area contributed by atoms with Gasteiger partial charge in [-0.3, -0.25) is 0 Å². The van der Waals surface area contributed by atoms with Crippen LogP contribution in [0.4, 0.5) is 11.4 Å². The molecule has 1 unspecified atom stereocenters. The first-order valence-electron chi connectivity index (χ1n) is 16.4. The van der Waals surface area contributed by atoms with E-state index in [0.29, 0.717) is 17.8 Å². The Balaban J connectivity index is 1.78. The lowest BCUT2D eigenvalue weighted by atomic mass is 9.83. The Labute approximate surface area is 269 Å². The van der Waals surface area contributed by atoms with Crippen molar-refractivity contribution in [3.05, 3.63) is 100 Å². The molecule has 1 heterocycles. The summed E-state index contributed by atoms with van der Waals surface area (Å²) in [5.74, 6) is 1.39. The molecule has 3 aromatic carbocycles. The molecule has 0 spiro atoms. The molecule has 1 fully saturated rings. The molecule has 0 N–H and O–H groups in total. The standard InChI is InChI=1S/C40H51BrN2/c1-10-26(2)27(3)29(5)42(34-22-20-33(21-23-34)40(7,8)9)37-24-32(31-16-12-11-13-17-31)25-38(39(37)41)43-30(6)28(4)35-18-14-15-19-36(35)43/h10,14-15,18-27,29,31H,1,11-13,16-17H2,2-9H3/t26?,27-,29-/m0/s1. The highest BCUT2D eigenvalue weighted by atomic mass is 79.9. The van der Waals surface area contributed by atoms with Crippen molar-refractivity contribution in [2.24, 2.45) is 11.8 Å². The van der Waals surface area contributed by atoms with Crippen LogP contribution in [0, 0.1) is 25.7 Å². The molecule has 1 saturated carbocycles. The van der Waals surface area contributed by atoms with Gasteiger partial charge in [0.05, 0.1) is 21.4 Å². The summed E-state index contributed by atoms with van der Waals surface area (Å²) in [6, 6.07) is 23.4. The van der Waals surface area contributed by atoms with E-state index in [1.807, 2.05) is 0 Å². The van der Waals surface area contributed by atoms with E-state index in [-0.39, 0.29) is 11.5 Å². The molecular weight excluding hydrogens is 588 g/mol. The van der Waals surface area contributed by atoms with Crippen LogP contribution in [0.5, 0.6) is 0 Å². The van der Waals surface area contributed by atoms with E-state index < -0.39 is 0 Å². The molecule has 1 aliphatic carbocycles. The van der Waals surface area contributed by atoms with Crippen molar-refractivity contribution >= 4 is 38.2 Å². The average molecular weight is 640 g/mol. The topological polar surface area (TPSA) is 8.17 Å². The number of nitrogens with zero attached hydrogens (tertiary/aromatic N) is 2. The molecule has 5 rings (SSSR count). The van der Waals surface area contributed by atoms with E-state index in [1.165, 1.54) is 82.5 Å². The molecule has 2 nitrogen and oxygen atoms in total. The molecule has 0 saturated heterocycles. The third kappa shape index (κ3) is 6.12. The normalized spacial score (nSPS) is 16.7. The molecule has 4 aromatic rings. The lowest BCUT2D eigenvalue weighted by Gasteiger charge is -2.39. The first kappa shape index (κ1) is 31.6. The summed E-state index contributed by atoms with van der Waals surface area (Å²) in [5, 5.41) is 1.33. The number of fused-ring (bicyclic) bond motifs is 1. The molecule has 0 bridgehead atoms. The number of hydrogen-bond acceptors (Lipinski definition) is 1. The van der Waals surface area contributed by atoms with Crippen LogP contribution < -0.4 is 4.90 Å². The van der Waals surface area contributed by atoms with Crippen molar-refractivity contribution in [1.82, 2.24) is 4.57 Å². The maximum atomic E-state index is 4.24. The van der Waals surface area contributed by atoms with Gasteiger partial charge < -0.3 is 9.47 Å². The fourth-order valence-corrected chi connectivity index (χ4v) is 7.67. The summed E-state index contributed by atoms with van der Waals surface area (Å²) in [4.78, 5) is 2.60. The van der Waals surface area contributed by atoms with Gasteiger partial charge in [0.2, 0.25) is 0 Å². The molecule has 3 heteroatoms. The van der Waals surface area contributed by atoms with Crippen molar-refractivity contribution in [3.8, 4) is 5.69 Å². The van der Waals surface area contributed by atoms with Crippen LogP contribution in [0.1, 0.15) is 102 Å². The summed E-state index contributed by atoms with van der Waals surface area (Å²) >= 11 is 4.24. The van der Waals surface area contributed by atoms with Crippen LogP contribution in [0.25, 0.3) is 16.6 Å². The van der Waals surface area contributed by atoms with E-state index in [1.54, 1.807) is 0 Å². The van der Waals surface area contributed by atoms with Gasteiger partial charge in [0.15, 0.2) is 0 Å². The van der Waals surface area contributed by atoms with Gasteiger partial charge in [0, 0.05) is 22.8 Å². The van der Waals surface area contributed by atoms with Crippen molar-refractivity contribution in [2.45, 2.75) is 105 Å². The number of benzene rings is 3. The second kappa shape index (κ2) is 12.7. The smallest absolute Gasteiger partial charge is 0.0653 e. The van der Waals surface area contributed by atoms with Gasteiger partial charge in [-0.05, 0) is 120 Å². The van der Waals surface area contributed by atoms with E-state index in [9.17, 15) is 0 Å². The highest BCUT2D eigenvalue weighted by molar-refractivity contribution is 9.10. The maximum Gasteiger partial charge on any atom is 0.0653 e. The summed E-state index contributed by atoms with van der Waals surface area (Å²) in [6.07, 6.45) is 8.64. The largest absolute Gasteiger partial charge is 0.337 e. The molecule has 228 valence electrons. The van der Waals surface area contributed by atoms with Gasteiger partial charge in [-0.1, -0.05) is 90.3 Å². The molecule has 1 aromatic heterocycles. The van der Waals surface area contributed by atoms with Crippen molar-refractivity contribution < 1.29 is 0 Å². The lowest BCUT2D eigenvalue weighted by Crippen LogP contribution is -2.37. The Morgan fingerprint density at radius 1 is 0.930 bits per heavy atom. The predicted octanol–water partition coefficient (Wildman–Crippen LogP) is 12.3. The van der Waals surface area contributed by atoms with Gasteiger partial charge >= 0.3 is 0 Å². The summed E-state index contributed by atoms with van der Waals surface area (Å²) in [5.41, 5.74) is 10.6. The number of aryl methyl sites for hydroxylation is 1. The summed E-state index contributed by atoms with van der Waals surface area (Å²) in [6.45, 7) is 22.6. The monoisotopic (exact) mass is 638 g/mol. The fraction of sp³-hybridized carbons (Fsp3) is 0.450. The van der Waals surface area contributed by atoms with E-state index in [4.69, 9.17) is 0 Å². The molecule has 0 aliphatic heterocycles. The second-order valence-electron chi connectivity index (χ2n) is 14.1. The Morgan fingerprint density at radius 2 is 1.58 bits per heavy atom. The van der Waals surface area contributed by atoms with Crippen LogP contribution in [0.2, 0.25) is 0 Å².